The van der Waals surface area contributed by atoms with Gasteiger partial charge in [0.25, 0.3) is 0 Å². The van der Waals surface area contributed by atoms with Gasteiger partial charge < -0.3 is 14.8 Å². The molecule has 4 rings (SSSR count). The van der Waals surface area contributed by atoms with Crippen LogP contribution in [-0.2, 0) is 4.74 Å². The Balaban J connectivity index is 1.39. The molecule has 2 saturated heterocycles. The Morgan fingerprint density at radius 1 is 1.24 bits per heavy atom. The molecule has 6 nitrogen and oxygen atoms in total. The summed E-state index contributed by atoms with van der Waals surface area (Å²) < 4.78 is 11.2. The van der Waals surface area contributed by atoms with E-state index in [4.69, 9.17) is 21.1 Å². The number of benzene rings is 1. The molecular formula is C18H21ClN4O2. The van der Waals surface area contributed by atoms with E-state index in [0.29, 0.717) is 23.9 Å². The van der Waals surface area contributed by atoms with Crippen LogP contribution in [0.2, 0.25) is 5.02 Å². The van der Waals surface area contributed by atoms with Gasteiger partial charge in [-0.2, -0.15) is 4.98 Å². The maximum absolute atomic E-state index is 6.09. The summed E-state index contributed by atoms with van der Waals surface area (Å²) in [7, 11) is 1.61. The third kappa shape index (κ3) is 3.71. The number of fused-ring (bicyclic) bond motifs is 1. The molecule has 1 aromatic carbocycles. The number of halogens is 1. The summed E-state index contributed by atoms with van der Waals surface area (Å²) in [6.45, 7) is 2.59. The minimum Gasteiger partial charge on any atom is -0.481 e. The third-order valence-electron chi connectivity index (χ3n) is 4.83. The molecule has 0 saturated carbocycles. The Morgan fingerprint density at radius 3 is 2.88 bits per heavy atom. The van der Waals surface area contributed by atoms with Crippen molar-refractivity contribution in [3.63, 3.8) is 0 Å². The molecule has 3 heterocycles. The third-order valence-corrected chi connectivity index (χ3v) is 5.08. The maximum atomic E-state index is 6.09. The van der Waals surface area contributed by atoms with E-state index in [-0.39, 0.29) is 6.10 Å². The number of nitrogens with zero attached hydrogens (tertiary/aromatic N) is 3. The molecule has 2 aliphatic rings. The molecule has 1 aromatic heterocycles. The summed E-state index contributed by atoms with van der Waals surface area (Å²) in [6, 6.07) is 10.4. The van der Waals surface area contributed by atoms with Gasteiger partial charge in [0.1, 0.15) is 0 Å². The smallest absolute Gasteiger partial charge is 0.226 e. The molecule has 3 atom stereocenters. The van der Waals surface area contributed by atoms with Crippen molar-refractivity contribution in [2.45, 2.75) is 24.6 Å². The number of anilines is 1. The van der Waals surface area contributed by atoms with Crippen molar-refractivity contribution in [2.75, 3.05) is 32.1 Å². The van der Waals surface area contributed by atoms with E-state index in [1.807, 2.05) is 24.3 Å². The average molecular weight is 361 g/mol. The minimum absolute atomic E-state index is 0.0975. The zero-order chi connectivity index (χ0) is 17.2. The van der Waals surface area contributed by atoms with Crippen LogP contribution in [-0.4, -0.2) is 53.8 Å². The van der Waals surface area contributed by atoms with Gasteiger partial charge in [0.15, 0.2) is 0 Å². The molecule has 2 aliphatic heterocycles. The Hall–Kier alpha value is -1.89. The molecule has 25 heavy (non-hydrogen) atoms. The highest BCUT2D eigenvalue weighted by molar-refractivity contribution is 6.30. The monoisotopic (exact) mass is 360 g/mol. The second kappa shape index (κ2) is 7.15. The van der Waals surface area contributed by atoms with Crippen molar-refractivity contribution in [3.05, 3.63) is 47.1 Å². The number of nitrogens with one attached hydrogen (secondary N) is 1. The van der Waals surface area contributed by atoms with Crippen LogP contribution in [0, 0.1) is 0 Å². The van der Waals surface area contributed by atoms with Crippen LogP contribution in [0.5, 0.6) is 5.88 Å². The first-order valence-electron chi connectivity index (χ1n) is 8.46. The van der Waals surface area contributed by atoms with Gasteiger partial charge in [-0.3, -0.25) is 4.90 Å². The van der Waals surface area contributed by atoms with Crippen molar-refractivity contribution in [2.24, 2.45) is 0 Å². The molecule has 1 N–H and O–H groups in total. The highest BCUT2D eigenvalue weighted by Gasteiger charge is 2.38. The predicted octanol–water partition coefficient (Wildman–Crippen LogP) is 2.76. The summed E-state index contributed by atoms with van der Waals surface area (Å²) in [4.78, 5) is 11.1. The van der Waals surface area contributed by atoms with Crippen molar-refractivity contribution >= 4 is 17.5 Å². The molecule has 0 spiro atoms. The number of ether oxygens (including phenoxy) is 2. The zero-order valence-electron chi connectivity index (χ0n) is 14.1. The fourth-order valence-electron chi connectivity index (χ4n) is 3.57. The maximum Gasteiger partial charge on any atom is 0.226 e. The van der Waals surface area contributed by atoms with E-state index in [0.717, 1.165) is 31.1 Å². The lowest BCUT2D eigenvalue weighted by Gasteiger charge is -2.35. The summed E-state index contributed by atoms with van der Waals surface area (Å²) >= 11 is 5.98. The van der Waals surface area contributed by atoms with E-state index in [9.17, 15) is 0 Å². The molecule has 0 unspecified atom stereocenters. The van der Waals surface area contributed by atoms with Gasteiger partial charge in [0, 0.05) is 42.5 Å². The van der Waals surface area contributed by atoms with Gasteiger partial charge in [0.05, 0.1) is 19.8 Å². The lowest BCUT2D eigenvalue weighted by atomic mass is 10.1. The SMILES string of the molecule is COc1ccnc(N[C@@H]2C[C@H]3CO[C@@H](c4ccc(Cl)cc4)CN3C2)n1. The standard InChI is InChI=1S/C18H21ClN4O2/c1-24-17-6-7-20-18(22-17)21-14-8-15-11-25-16(10-23(15)9-14)12-2-4-13(19)5-3-12/h2-7,14-16H,8-11H2,1H3,(H,20,21,22)/t14-,15+,16-/m1/s1. The Morgan fingerprint density at radius 2 is 2.08 bits per heavy atom. The average Bonchev–Trinajstić information content (AvgIpc) is 3.03. The van der Waals surface area contributed by atoms with Gasteiger partial charge in [-0.05, 0) is 24.1 Å². The van der Waals surface area contributed by atoms with Crippen LogP contribution in [0.15, 0.2) is 36.5 Å². The van der Waals surface area contributed by atoms with E-state index < -0.39 is 0 Å². The second-order valence-electron chi connectivity index (χ2n) is 6.48. The molecule has 2 aromatic rings. The molecular weight excluding hydrogens is 340 g/mol. The molecule has 0 aliphatic carbocycles. The molecule has 0 bridgehead atoms. The quantitative estimate of drug-likeness (QED) is 0.904. The molecule has 0 radical (unpaired) electrons. The number of methoxy groups -OCH3 is 1. The van der Waals surface area contributed by atoms with Gasteiger partial charge in [-0.1, -0.05) is 23.7 Å². The van der Waals surface area contributed by atoms with E-state index in [1.54, 1.807) is 19.4 Å². The zero-order valence-corrected chi connectivity index (χ0v) is 14.8. The van der Waals surface area contributed by atoms with Gasteiger partial charge in [0.2, 0.25) is 11.8 Å². The van der Waals surface area contributed by atoms with Crippen LogP contribution in [0.1, 0.15) is 18.1 Å². The van der Waals surface area contributed by atoms with Gasteiger partial charge >= 0.3 is 0 Å². The predicted molar refractivity (Wildman–Crippen MR) is 96.1 cm³/mol. The number of hydrogen-bond donors (Lipinski definition) is 1. The van der Waals surface area contributed by atoms with Crippen molar-refractivity contribution in [3.8, 4) is 5.88 Å². The number of hydrogen-bond acceptors (Lipinski definition) is 6. The van der Waals surface area contributed by atoms with Crippen LogP contribution >= 0.6 is 11.6 Å². The van der Waals surface area contributed by atoms with Crippen LogP contribution in [0.3, 0.4) is 0 Å². The van der Waals surface area contributed by atoms with Crippen molar-refractivity contribution < 1.29 is 9.47 Å². The number of aromatic nitrogens is 2. The normalized spacial score (nSPS) is 26.2. The summed E-state index contributed by atoms with van der Waals surface area (Å²) in [5.74, 6) is 1.18. The topological polar surface area (TPSA) is 59.5 Å². The fraction of sp³-hybridized carbons (Fsp3) is 0.444. The largest absolute Gasteiger partial charge is 0.481 e. The van der Waals surface area contributed by atoms with E-state index in [2.05, 4.69) is 20.2 Å². The molecule has 0 amide bonds. The summed E-state index contributed by atoms with van der Waals surface area (Å²) in [6.07, 6.45) is 2.82. The van der Waals surface area contributed by atoms with Crippen molar-refractivity contribution in [1.82, 2.24) is 14.9 Å². The van der Waals surface area contributed by atoms with E-state index >= 15 is 0 Å². The first-order chi connectivity index (χ1) is 12.2. The Labute approximate surface area is 152 Å². The lowest BCUT2D eigenvalue weighted by molar-refractivity contribution is -0.0501. The first kappa shape index (κ1) is 16.6. The first-order valence-corrected chi connectivity index (χ1v) is 8.84. The van der Waals surface area contributed by atoms with Gasteiger partial charge in [-0.15, -0.1) is 0 Å². The van der Waals surface area contributed by atoms with E-state index in [1.165, 1.54) is 5.56 Å². The second-order valence-corrected chi connectivity index (χ2v) is 6.92. The van der Waals surface area contributed by atoms with Gasteiger partial charge in [-0.25, -0.2) is 4.98 Å². The molecule has 7 heteroatoms. The van der Waals surface area contributed by atoms with Crippen molar-refractivity contribution in [1.29, 1.82) is 0 Å². The molecule has 132 valence electrons. The summed E-state index contributed by atoms with van der Waals surface area (Å²) in [5.41, 5.74) is 1.18. The Kier molecular flexibility index (Phi) is 4.74. The highest BCUT2D eigenvalue weighted by Crippen LogP contribution is 2.31. The van der Waals surface area contributed by atoms with Crippen LogP contribution < -0.4 is 10.1 Å². The summed E-state index contributed by atoms with van der Waals surface area (Å²) in [5, 5.41) is 4.17. The lowest BCUT2D eigenvalue weighted by Crippen LogP contribution is -2.42. The Bertz CT molecular complexity index is 727. The number of rotatable bonds is 4. The minimum atomic E-state index is 0.0975. The van der Waals surface area contributed by atoms with Crippen LogP contribution in [0.25, 0.3) is 0 Å². The molecule has 2 fully saturated rings. The number of morpholine rings is 1. The van der Waals surface area contributed by atoms with Crippen LogP contribution in [0.4, 0.5) is 5.95 Å². The fourth-order valence-corrected chi connectivity index (χ4v) is 3.69. The highest BCUT2D eigenvalue weighted by atomic mass is 35.5.